The molecule has 0 radical (unpaired) electrons. The topological polar surface area (TPSA) is 70.6 Å². The van der Waals surface area contributed by atoms with E-state index in [4.69, 9.17) is 0 Å². The number of hydrogen-bond acceptors (Lipinski definition) is 4. The number of rotatable bonds is 2. The standard InChI is InChI=1S/C16H19N3O2S/c1-11(20)19-16(14(21)18-15-17-9-10-22-15)8-4-6-12-5-2-3-7-13(12)16/h2-3,5,7H,4,6,8-10H2,1H3,(H,19,20)(H,17,18,21). The molecule has 22 heavy (non-hydrogen) atoms. The lowest BCUT2D eigenvalue weighted by Crippen LogP contribution is -2.58. The summed E-state index contributed by atoms with van der Waals surface area (Å²) in [4.78, 5) is 29.0. The Balaban J connectivity index is 1.98. The zero-order valence-electron chi connectivity index (χ0n) is 12.5. The van der Waals surface area contributed by atoms with Crippen LogP contribution in [0.3, 0.4) is 0 Å². The number of carbonyl (C=O) groups excluding carboxylic acids is 2. The van der Waals surface area contributed by atoms with Gasteiger partial charge in [-0.1, -0.05) is 36.0 Å². The van der Waals surface area contributed by atoms with E-state index in [0.29, 0.717) is 11.6 Å². The van der Waals surface area contributed by atoms with Crippen molar-refractivity contribution >= 4 is 28.7 Å². The second-order valence-corrected chi connectivity index (χ2v) is 6.67. The van der Waals surface area contributed by atoms with Gasteiger partial charge in [-0.25, -0.2) is 0 Å². The Morgan fingerprint density at radius 2 is 2.14 bits per heavy atom. The third kappa shape index (κ3) is 2.75. The Labute approximate surface area is 134 Å². The lowest BCUT2D eigenvalue weighted by atomic mass is 9.75. The third-order valence-corrected chi connectivity index (χ3v) is 4.95. The van der Waals surface area contributed by atoms with Gasteiger partial charge in [-0.15, -0.1) is 0 Å². The van der Waals surface area contributed by atoms with Crippen molar-refractivity contribution in [1.29, 1.82) is 0 Å². The van der Waals surface area contributed by atoms with Crippen LogP contribution in [0.25, 0.3) is 0 Å². The van der Waals surface area contributed by atoms with Gasteiger partial charge >= 0.3 is 0 Å². The molecule has 116 valence electrons. The van der Waals surface area contributed by atoms with Crippen molar-refractivity contribution in [3.05, 3.63) is 35.4 Å². The summed E-state index contributed by atoms with van der Waals surface area (Å²) < 4.78 is 0. The predicted molar refractivity (Wildman–Crippen MR) is 87.8 cm³/mol. The molecule has 1 unspecified atom stereocenters. The van der Waals surface area contributed by atoms with Crippen LogP contribution in [0.2, 0.25) is 0 Å². The van der Waals surface area contributed by atoms with Crippen molar-refractivity contribution in [2.75, 3.05) is 12.3 Å². The maximum absolute atomic E-state index is 13.0. The molecule has 2 amide bonds. The molecule has 1 heterocycles. The molecule has 3 rings (SSSR count). The van der Waals surface area contributed by atoms with Crippen LogP contribution in [0.1, 0.15) is 30.9 Å². The second kappa shape index (κ2) is 6.12. The lowest BCUT2D eigenvalue weighted by Gasteiger charge is -2.38. The number of benzene rings is 1. The maximum Gasteiger partial charge on any atom is 0.256 e. The highest BCUT2D eigenvalue weighted by Crippen LogP contribution is 2.36. The third-order valence-electron chi connectivity index (χ3n) is 4.06. The number of amides is 2. The van der Waals surface area contributed by atoms with Crippen LogP contribution < -0.4 is 10.6 Å². The fraction of sp³-hybridized carbons (Fsp3) is 0.438. The highest BCUT2D eigenvalue weighted by Gasteiger charge is 2.44. The summed E-state index contributed by atoms with van der Waals surface area (Å²) in [6.45, 7) is 2.18. The van der Waals surface area contributed by atoms with E-state index in [1.54, 1.807) is 0 Å². The average Bonchev–Trinajstić information content (AvgIpc) is 3.00. The summed E-state index contributed by atoms with van der Waals surface area (Å²) in [5.41, 5.74) is 1.03. The number of amidine groups is 1. The Morgan fingerprint density at radius 1 is 1.32 bits per heavy atom. The van der Waals surface area contributed by atoms with Crippen molar-refractivity contribution < 1.29 is 9.59 Å². The molecule has 0 fully saturated rings. The van der Waals surface area contributed by atoms with Gasteiger partial charge in [0.05, 0.1) is 6.54 Å². The lowest BCUT2D eigenvalue weighted by molar-refractivity contribution is -0.133. The molecule has 1 aromatic carbocycles. The zero-order chi connectivity index (χ0) is 15.6. The quantitative estimate of drug-likeness (QED) is 0.870. The van der Waals surface area contributed by atoms with Crippen LogP contribution in [0.4, 0.5) is 0 Å². The molecule has 2 aliphatic rings. The fourth-order valence-corrected chi connectivity index (χ4v) is 3.89. The Kier molecular flexibility index (Phi) is 4.20. The number of nitrogens with one attached hydrogen (secondary N) is 2. The van der Waals surface area contributed by atoms with Crippen molar-refractivity contribution in [1.82, 2.24) is 10.6 Å². The van der Waals surface area contributed by atoms with Gasteiger partial charge in [0, 0.05) is 12.7 Å². The van der Waals surface area contributed by atoms with Gasteiger partial charge in [0.25, 0.3) is 5.91 Å². The molecule has 1 atom stereocenters. The molecule has 6 heteroatoms. The first-order valence-corrected chi connectivity index (χ1v) is 8.46. The highest BCUT2D eigenvalue weighted by atomic mass is 32.2. The van der Waals surface area contributed by atoms with E-state index >= 15 is 0 Å². The first kappa shape index (κ1) is 15.1. The predicted octanol–water partition coefficient (Wildman–Crippen LogP) is 1.57. The number of fused-ring (bicyclic) bond motifs is 1. The van der Waals surface area contributed by atoms with Gasteiger partial charge in [0.1, 0.15) is 5.54 Å². The monoisotopic (exact) mass is 317 g/mol. The van der Waals surface area contributed by atoms with E-state index in [2.05, 4.69) is 15.6 Å². The van der Waals surface area contributed by atoms with E-state index in [1.165, 1.54) is 18.7 Å². The normalized spacial score (nSPS) is 23.4. The minimum absolute atomic E-state index is 0.192. The summed E-state index contributed by atoms with van der Waals surface area (Å²) in [6, 6.07) is 7.85. The fourth-order valence-electron chi connectivity index (χ4n) is 3.17. The Hall–Kier alpha value is -1.82. The van der Waals surface area contributed by atoms with E-state index in [-0.39, 0.29) is 11.8 Å². The maximum atomic E-state index is 13.0. The van der Waals surface area contributed by atoms with Crippen LogP contribution in [0.15, 0.2) is 29.3 Å². The molecular weight excluding hydrogens is 298 g/mol. The summed E-state index contributed by atoms with van der Waals surface area (Å²) in [7, 11) is 0. The summed E-state index contributed by atoms with van der Waals surface area (Å²) in [6.07, 6.45) is 2.40. The average molecular weight is 317 g/mol. The molecular formula is C16H19N3O2S. The number of hydrogen-bond donors (Lipinski definition) is 2. The summed E-state index contributed by atoms with van der Waals surface area (Å²) >= 11 is 1.54. The van der Waals surface area contributed by atoms with Crippen LogP contribution in [-0.2, 0) is 21.5 Å². The van der Waals surface area contributed by atoms with E-state index in [0.717, 1.165) is 36.3 Å². The smallest absolute Gasteiger partial charge is 0.256 e. The van der Waals surface area contributed by atoms with Crippen molar-refractivity contribution in [3.63, 3.8) is 0 Å². The molecule has 0 bridgehead atoms. The second-order valence-electron chi connectivity index (χ2n) is 5.59. The number of aliphatic imine (C=N–C) groups is 1. The van der Waals surface area contributed by atoms with Gasteiger partial charge < -0.3 is 10.6 Å². The van der Waals surface area contributed by atoms with Crippen molar-refractivity contribution in [2.45, 2.75) is 31.7 Å². The first-order chi connectivity index (χ1) is 10.6. The number of thioether (sulfide) groups is 1. The van der Waals surface area contributed by atoms with Gasteiger partial charge in [-0.2, -0.15) is 0 Å². The van der Waals surface area contributed by atoms with Gasteiger partial charge in [-0.3, -0.25) is 14.6 Å². The largest absolute Gasteiger partial charge is 0.338 e. The molecule has 1 aliphatic heterocycles. The summed E-state index contributed by atoms with van der Waals surface area (Å²) in [5, 5.41) is 6.46. The van der Waals surface area contributed by atoms with E-state index < -0.39 is 5.54 Å². The van der Waals surface area contributed by atoms with Gasteiger partial charge in [0.15, 0.2) is 5.17 Å². The van der Waals surface area contributed by atoms with Crippen molar-refractivity contribution in [3.8, 4) is 0 Å². The van der Waals surface area contributed by atoms with Crippen LogP contribution >= 0.6 is 11.8 Å². The minimum Gasteiger partial charge on any atom is -0.338 e. The molecule has 5 nitrogen and oxygen atoms in total. The zero-order valence-corrected chi connectivity index (χ0v) is 13.3. The first-order valence-electron chi connectivity index (χ1n) is 7.48. The number of aryl methyl sites for hydroxylation is 1. The van der Waals surface area contributed by atoms with Crippen LogP contribution in [0, 0.1) is 0 Å². The Bertz CT molecular complexity index is 644. The van der Waals surface area contributed by atoms with E-state index in [1.807, 2.05) is 24.3 Å². The number of nitrogens with zero attached hydrogens (tertiary/aromatic N) is 1. The summed E-state index contributed by atoms with van der Waals surface area (Å²) in [5.74, 6) is 0.496. The van der Waals surface area contributed by atoms with Crippen molar-refractivity contribution in [2.24, 2.45) is 4.99 Å². The molecule has 0 saturated carbocycles. The highest BCUT2D eigenvalue weighted by molar-refractivity contribution is 8.14. The molecule has 0 saturated heterocycles. The molecule has 1 aromatic rings. The molecule has 0 spiro atoms. The molecule has 1 aliphatic carbocycles. The SMILES string of the molecule is CC(=O)NC1(C(=O)NC2=NCCS2)CCCc2ccccc21. The molecule has 0 aromatic heterocycles. The minimum atomic E-state index is -0.994. The van der Waals surface area contributed by atoms with Crippen LogP contribution in [0.5, 0.6) is 0 Å². The van der Waals surface area contributed by atoms with E-state index in [9.17, 15) is 9.59 Å². The molecule has 2 N–H and O–H groups in total. The number of carbonyl (C=O) groups is 2. The van der Waals surface area contributed by atoms with Gasteiger partial charge in [0.2, 0.25) is 5.91 Å². The van der Waals surface area contributed by atoms with Crippen LogP contribution in [-0.4, -0.2) is 29.3 Å². The Morgan fingerprint density at radius 3 is 2.86 bits per heavy atom. The van der Waals surface area contributed by atoms with Gasteiger partial charge in [-0.05, 0) is 30.4 Å².